The van der Waals surface area contributed by atoms with Gasteiger partial charge in [0.1, 0.15) is 6.10 Å². The number of hydrogen-bond acceptors (Lipinski definition) is 5. The Balaban J connectivity index is 1.44. The Morgan fingerprint density at radius 2 is 1.96 bits per heavy atom. The van der Waals surface area contributed by atoms with Gasteiger partial charge in [-0.3, -0.25) is 4.79 Å². The largest absolute Gasteiger partial charge is 0.471 e. The summed E-state index contributed by atoms with van der Waals surface area (Å²) in [4.78, 5) is 18.3. The Morgan fingerprint density at radius 1 is 1.29 bits per heavy atom. The molecule has 0 saturated carbocycles. The van der Waals surface area contributed by atoms with Crippen LogP contribution in [0.5, 0.6) is 5.88 Å². The van der Waals surface area contributed by atoms with Gasteiger partial charge in [-0.25, -0.2) is 17.7 Å². The van der Waals surface area contributed by atoms with E-state index in [1.54, 1.807) is 17.0 Å². The maximum Gasteiger partial charge on any atom is 0.226 e. The first-order valence-electron chi connectivity index (χ1n) is 7.85. The normalized spacial score (nSPS) is 20.7. The molecule has 0 aromatic carbocycles. The van der Waals surface area contributed by atoms with Gasteiger partial charge in [0, 0.05) is 31.3 Å². The lowest BCUT2D eigenvalue weighted by molar-refractivity contribution is -0.145. The van der Waals surface area contributed by atoms with E-state index in [0.717, 1.165) is 0 Å². The molecule has 1 amide bonds. The van der Waals surface area contributed by atoms with Gasteiger partial charge in [0.25, 0.3) is 0 Å². The number of rotatable bonds is 4. The first kappa shape index (κ1) is 17.4. The van der Waals surface area contributed by atoms with E-state index >= 15 is 0 Å². The maximum absolute atomic E-state index is 12.4. The topological polar surface area (TPSA) is 79.8 Å². The summed E-state index contributed by atoms with van der Waals surface area (Å²) in [5.74, 6) is 0.489. The van der Waals surface area contributed by atoms with Crippen molar-refractivity contribution in [3.05, 3.63) is 23.4 Å². The Bertz CT molecular complexity index is 696. The second-order valence-electron chi connectivity index (χ2n) is 6.23. The molecule has 1 aromatic heterocycles. The van der Waals surface area contributed by atoms with Crippen LogP contribution >= 0.6 is 11.6 Å². The molecule has 1 aromatic rings. The Labute approximate surface area is 146 Å². The van der Waals surface area contributed by atoms with Crippen LogP contribution in [-0.4, -0.2) is 67.1 Å². The first-order valence-corrected chi connectivity index (χ1v) is 10.1. The fourth-order valence-corrected chi connectivity index (χ4v) is 3.97. The number of amides is 1. The molecular weight excluding hydrogens is 354 g/mol. The van der Waals surface area contributed by atoms with Gasteiger partial charge in [-0.1, -0.05) is 11.6 Å². The number of sulfonamides is 1. The lowest BCUT2D eigenvalue weighted by Gasteiger charge is -2.41. The molecule has 2 saturated heterocycles. The minimum atomic E-state index is -3.16. The minimum Gasteiger partial charge on any atom is -0.471 e. The van der Waals surface area contributed by atoms with Crippen molar-refractivity contribution in [1.82, 2.24) is 14.2 Å². The highest BCUT2D eigenvalue weighted by molar-refractivity contribution is 7.88. The van der Waals surface area contributed by atoms with E-state index in [2.05, 4.69) is 4.98 Å². The minimum absolute atomic E-state index is 0.0567. The van der Waals surface area contributed by atoms with Crippen LogP contribution in [0.3, 0.4) is 0 Å². The molecule has 9 heteroatoms. The van der Waals surface area contributed by atoms with Gasteiger partial charge >= 0.3 is 0 Å². The lowest BCUT2D eigenvalue weighted by atomic mass is 9.95. The van der Waals surface area contributed by atoms with E-state index in [0.29, 0.717) is 49.9 Å². The summed E-state index contributed by atoms with van der Waals surface area (Å²) in [5.41, 5.74) is 0. The molecule has 132 valence electrons. The predicted molar refractivity (Wildman–Crippen MR) is 89.4 cm³/mol. The number of carbonyl (C=O) groups is 1. The van der Waals surface area contributed by atoms with Crippen molar-refractivity contribution >= 4 is 27.5 Å². The van der Waals surface area contributed by atoms with Crippen molar-refractivity contribution in [2.75, 3.05) is 32.4 Å². The number of ether oxygens (including phenoxy) is 1. The third kappa shape index (κ3) is 3.99. The van der Waals surface area contributed by atoms with E-state index in [4.69, 9.17) is 16.3 Å². The zero-order valence-electron chi connectivity index (χ0n) is 13.4. The number of pyridine rings is 1. The van der Waals surface area contributed by atoms with E-state index in [1.807, 2.05) is 0 Å². The van der Waals surface area contributed by atoms with Crippen molar-refractivity contribution in [3.63, 3.8) is 0 Å². The number of hydrogen-bond donors (Lipinski definition) is 0. The molecule has 7 nitrogen and oxygen atoms in total. The van der Waals surface area contributed by atoms with Crippen LogP contribution in [0.25, 0.3) is 0 Å². The van der Waals surface area contributed by atoms with Gasteiger partial charge < -0.3 is 9.64 Å². The number of piperidine rings is 1. The van der Waals surface area contributed by atoms with Gasteiger partial charge in [0.2, 0.25) is 21.8 Å². The Kier molecular flexibility index (Phi) is 4.98. The molecule has 0 spiro atoms. The smallest absolute Gasteiger partial charge is 0.226 e. The fourth-order valence-electron chi connectivity index (χ4n) is 2.99. The number of aromatic nitrogens is 1. The summed E-state index contributed by atoms with van der Waals surface area (Å²) < 4.78 is 30.1. The van der Waals surface area contributed by atoms with Crippen LogP contribution in [-0.2, 0) is 14.8 Å². The summed E-state index contributed by atoms with van der Waals surface area (Å²) >= 11 is 5.77. The number of nitrogens with zero attached hydrogens (tertiary/aromatic N) is 3. The van der Waals surface area contributed by atoms with Crippen LogP contribution < -0.4 is 4.74 Å². The Hall–Kier alpha value is -1.38. The van der Waals surface area contributed by atoms with Crippen LogP contribution in [0, 0.1) is 5.92 Å². The van der Waals surface area contributed by atoms with E-state index in [9.17, 15) is 13.2 Å². The van der Waals surface area contributed by atoms with Crippen LogP contribution in [0.15, 0.2) is 18.3 Å². The molecule has 0 N–H and O–H groups in total. The van der Waals surface area contributed by atoms with Crippen LogP contribution in [0.4, 0.5) is 0 Å². The zero-order chi connectivity index (χ0) is 17.3. The first-order chi connectivity index (χ1) is 11.3. The molecule has 0 bridgehead atoms. The quantitative estimate of drug-likeness (QED) is 0.786. The SMILES string of the molecule is CS(=O)(=O)N1CCC(C(=O)N2CC(Oc3ccc(Cl)cn3)C2)CC1. The van der Waals surface area contributed by atoms with Crippen molar-refractivity contribution < 1.29 is 17.9 Å². The molecule has 3 rings (SSSR count). The molecule has 3 heterocycles. The predicted octanol–water partition coefficient (Wildman–Crippen LogP) is 0.996. The van der Waals surface area contributed by atoms with Crippen molar-refractivity contribution in [2.45, 2.75) is 18.9 Å². The average molecular weight is 374 g/mol. The third-order valence-corrected chi connectivity index (χ3v) is 5.95. The molecule has 0 atom stereocenters. The zero-order valence-corrected chi connectivity index (χ0v) is 15.0. The summed E-state index contributed by atoms with van der Waals surface area (Å²) in [7, 11) is -3.16. The summed E-state index contributed by atoms with van der Waals surface area (Å²) in [6, 6.07) is 3.41. The summed E-state index contributed by atoms with van der Waals surface area (Å²) in [6.07, 6.45) is 3.82. The number of carbonyl (C=O) groups excluding carboxylic acids is 1. The summed E-state index contributed by atoms with van der Waals surface area (Å²) in [6.45, 7) is 1.90. The van der Waals surface area contributed by atoms with Crippen LogP contribution in [0.2, 0.25) is 5.02 Å². The van der Waals surface area contributed by atoms with Gasteiger partial charge in [0.15, 0.2) is 0 Å². The summed E-state index contributed by atoms with van der Waals surface area (Å²) in [5, 5.41) is 0.549. The van der Waals surface area contributed by atoms with Gasteiger partial charge in [-0.05, 0) is 18.9 Å². The fraction of sp³-hybridized carbons (Fsp3) is 0.600. The number of halogens is 1. The molecule has 2 aliphatic heterocycles. The highest BCUT2D eigenvalue weighted by Crippen LogP contribution is 2.25. The number of likely N-dealkylation sites (tertiary alicyclic amines) is 1. The second kappa shape index (κ2) is 6.85. The lowest BCUT2D eigenvalue weighted by Crippen LogP contribution is -2.58. The van der Waals surface area contributed by atoms with Gasteiger partial charge in [0.05, 0.1) is 24.4 Å². The maximum atomic E-state index is 12.4. The van der Waals surface area contributed by atoms with Crippen molar-refractivity contribution in [1.29, 1.82) is 0 Å². The average Bonchev–Trinajstić information content (AvgIpc) is 2.51. The van der Waals surface area contributed by atoms with E-state index in [1.165, 1.54) is 16.8 Å². The molecule has 2 aliphatic rings. The molecule has 2 fully saturated rings. The standard InChI is InChI=1S/C15H20ClN3O4S/c1-24(21,22)19-6-4-11(5-7-19)15(20)18-9-13(10-18)23-14-3-2-12(16)8-17-14/h2-3,8,11,13H,4-7,9-10H2,1H3. The highest BCUT2D eigenvalue weighted by atomic mass is 35.5. The highest BCUT2D eigenvalue weighted by Gasteiger charge is 2.38. The van der Waals surface area contributed by atoms with E-state index in [-0.39, 0.29) is 17.9 Å². The molecule has 0 radical (unpaired) electrons. The van der Waals surface area contributed by atoms with E-state index < -0.39 is 10.0 Å². The molecular formula is C15H20ClN3O4S. The molecule has 0 unspecified atom stereocenters. The Morgan fingerprint density at radius 3 is 2.50 bits per heavy atom. The monoisotopic (exact) mass is 373 g/mol. The van der Waals surface area contributed by atoms with Gasteiger partial charge in [-0.15, -0.1) is 0 Å². The van der Waals surface area contributed by atoms with Crippen molar-refractivity contribution in [2.24, 2.45) is 5.92 Å². The second-order valence-corrected chi connectivity index (χ2v) is 8.65. The van der Waals surface area contributed by atoms with Crippen molar-refractivity contribution in [3.8, 4) is 5.88 Å². The van der Waals surface area contributed by atoms with Gasteiger partial charge in [-0.2, -0.15) is 0 Å². The van der Waals surface area contributed by atoms with Crippen LogP contribution in [0.1, 0.15) is 12.8 Å². The molecule has 0 aliphatic carbocycles. The molecule has 24 heavy (non-hydrogen) atoms. The third-order valence-electron chi connectivity index (χ3n) is 4.42.